The fourth-order valence-corrected chi connectivity index (χ4v) is 17.3. The highest BCUT2D eigenvalue weighted by molar-refractivity contribution is 6.08. The Morgan fingerprint density at radius 3 is 1.14 bits per heavy atom. The Labute approximate surface area is 759 Å². The molecule has 8 heterocycles. The zero-order chi connectivity index (χ0) is 94.3. The number of nitrogens with one attached hydrogen (secondary N) is 6. The molecule has 4 saturated heterocycles. The van der Waals surface area contributed by atoms with Crippen LogP contribution in [0.4, 0.5) is 19.2 Å². The van der Waals surface area contributed by atoms with E-state index in [0.29, 0.717) is 39.0 Å². The van der Waals surface area contributed by atoms with Gasteiger partial charge in [-0.3, -0.25) is 48.3 Å². The maximum absolute atomic E-state index is 13.7. The van der Waals surface area contributed by atoms with Crippen LogP contribution in [-0.4, -0.2) is 239 Å². The number of aliphatic carboxylic acids is 2. The van der Waals surface area contributed by atoms with E-state index in [-0.39, 0.29) is 97.9 Å². The minimum absolute atomic E-state index is 0.0498. The molecule has 6 aliphatic heterocycles. The lowest BCUT2D eigenvalue weighted by atomic mass is 9.92. The summed E-state index contributed by atoms with van der Waals surface area (Å²) < 4.78 is 27.3. The molecular formula is C97H116N14O20. The Morgan fingerprint density at radius 2 is 0.763 bits per heavy atom. The van der Waals surface area contributed by atoms with Crippen molar-refractivity contribution >= 4 is 116 Å². The lowest BCUT2D eigenvalue weighted by molar-refractivity contribution is -0.151. The number of carbonyl (C=O) groups is 12. The van der Waals surface area contributed by atoms with Crippen molar-refractivity contribution in [2.45, 2.75) is 161 Å². The standard InChI is InChI=1S/C45H53N7O6.C39H41N7O6.C8H14O4.C5H8O4/c1-26(2)39(49-44(55)57-5)42(53)51-21-9-13-37(51)35-23-30(24-46-35)28-15-17-29(18-16-28)31-19-20-34(33-12-8-7-11-32(31)33)36-25-47-41(48-36)38-14-10-22-52(38)43(54)40(27(3)4)50-45(56)58-6;1-51-38(49)42-22-35(47)45-17-5-9-33(45)31-19-26(20-40-31)24-11-13-25(14-12-24)27-15-16-30(29-8-4-3-7-28(27)29)32-21-41-37(44-32)34-10-6-18-46(34)36(48)23-43-39(50)52-2;1-5(2)6(8(10)11)4-7(9)12-3;1-9-5(8)3-2-4(6)7/h7-8,11-12,15-20,24-27,37-40H,9-10,13-14,21-23H2,1-6H3,(H,47,48)(H,49,55)(H,50,56);3-4,7-8,11-16,20-21,33-34H,5-6,9-10,17-19,22-23H2,1-2H3,(H,41,44)(H,42,49)(H,43,50);5-6H,4H2,1-3H3,(H,10,11);2-3H2,1H3,(H,6,7)/t37-,38-,39+,40+;33-,34-;6-;/m001./s1. The van der Waals surface area contributed by atoms with Crippen LogP contribution >= 0.6 is 0 Å². The van der Waals surface area contributed by atoms with Gasteiger partial charge in [-0.05, 0) is 135 Å². The van der Waals surface area contributed by atoms with E-state index in [9.17, 15) is 57.5 Å². The number of benzene rings is 6. The van der Waals surface area contributed by atoms with Crippen LogP contribution in [0.15, 0.2) is 156 Å². The number of likely N-dealkylation sites (tertiary alicyclic amines) is 4. The molecule has 14 rings (SSSR count). The molecule has 0 bridgehead atoms. The van der Waals surface area contributed by atoms with Crippen LogP contribution in [0.5, 0.6) is 0 Å². The Balaban J connectivity index is 0.000000208. The molecule has 0 radical (unpaired) electrons. The zero-order valence-corrected chi connectivity index (χ0v) is 75.9. The van der Waals surface area contributed by atoms with E-state index in [4.69, 9.17) is 39.6 Å². The third-order valence-electron chi connectivity index (χ3n) is 24.3. The normalized spacial score (nSPS) is 17.4. The lowest BCUT2D eigenvalue weighted by Crippen LogP contribution is -2.53. The molecule has 2 aromatic heterocycles. The summed E-state index contributed by atoms with van der Waals surface area (Å²) in [6.45, 7) is 13.4. The molecule has 0 unspecified atom stereocenters. The summed E-state index contributed by atoms with van der Waals surface area (Å²) in [5.74, 6) is -2.92. The molecular weight excluding hydrogens is 1680 g/mol. The van der Waals surface area contributed by atoms with Gasteiger partial charge in [-0.25, -0.2) is 29.1 Å². The molecule has 4 fully saturated rings. The lowest BCUT2D eigenvalue weighted by Gasteiger charge is -2.31. The second kappa shape index (κ2) is 45.8. The van der Waals surface area contributed by atoms with Crippen molar-refractivity contribution in [1.29, 1.82) is 0 Å². The summed E-state index contributed by atoms with van der Waals surface area (Å²) in [7, 11) is 7.61. The molecule has 8 amide bonds. The number of carbonyl (C=O) groups excluding carboxylic acids is 10. The molecule has 8 N–H and O–H groups in total. The largest absolute Gasteiger partial charge is 0.481 e. The number of methoxy groups -OCH3 is 6. The number of aromatic nitrogens is 4. The number of amides is 8. The minimum atomic E-state index is -0.986. The maximum atomic E-state index is 13.7. The van der Waals surface area contributed by atoms with Crippen LogP contribution in [0.3, 0.4) is 0 Å². The van der Waals surface area contributed by atoms with Gasteiger partial charge in [0.15, 0.2) is 0 Å². The van der Waals surface area contributed by atoms with Crippen molar-refractivity contribution in [2.75, 3.05) is 81.9 Å². The van der Waals surface area contributed by atoms with E-state index in [1.54, 1.807) is 18.7 Å². The highest BCUT2D eigenvalue weighted by Crippen LogP contribution is 2.42. The SMILES string of the molecule is COC(=O)CCC(=O)O.COC(=O)C[C@@H](C(=O)O)C(C)C.COC(=O)NCC(=O)N1CCC[C@H]1C1=NC=C(c2ccc(-c3ccc(-c4cnc([C@@H]5CCCN5C(=O)CNC(=O)OC)[nH]4)c4ccccc34)cc2)C1.COC(=O)N[C@@H](C(=O)N1CCC[C@H]1C1=NC=C(c2ccc(-c3ccc(-c4cnc([C@@H]5CCCN5C(=O)[C@H](NC(=O)OC)C(C)C)[nH]4)c4ccccc34)cc2)C1)C(C)C. The van der Waals surface area contributed by atoms with Gasteiger partial charge in [0.2, 0.25) is 23.6 Å². The molecule has 694 valence electrons. The van der Waals surface area contributed by atoms with Crippen molar-refractivity contribution < 1.29 is 96.2 Å². The highest BCUT2D eigenvalue weighted by Gasteiger charge is 2.42. The van der Waals surface area contributed by atoms with Crippen LogP contribution in [0.1, 0.15) is 160 Å². The number of aliphatic imine (C=N–C) groups is 2. The van der Waals surface area contributed by atoms with Gasteiger partial charge in [-0.2, -0.15) is 0 Å². The highest BCUT2D eigenvalue weighted by atomic mass is 16.6. The van der Waals surface area contributed by atoms with E-state index in [1.165, 1.54) is 42.7 Å². The summed E-state index contributed by atoms with van der Waals surface area (Å²) in [5, 5.41) is 31.5. The van der Waals surface area contributed by atoms with Crippen LogP contribution in [0.25, 0.3) is 77.5 Å². The summed E-state index contributed by atoms with van der Waals surface area (Å²) in [6, 6.07) is 40.2. The summed E-state index contributed by atoms with van der Waals surface area (Å²) in [4.78, 5) is 175. The quantitative estimate of drug-likeness (QED) is 0.0175. The van der Waals surface area contributed by atoms with Gasteiger partial charge in [-0.1, -0.05) is 163 Å². The monoisotopic (exact) mass is 1800 g/mol. The fraction of sp³-hybridized carbons (Fsp3) is 0.423. The van der Waals surface area contributed by atoms with E-state index in [1.807, 2.05) is 91.5 Å². The number of H-pyrrole nitrogens is 2. The van der Waals surface area contributed by atoms with E-state index >= 15 is 0 Å². The summed E-state index contributed by atoms with van der Waals surface area (Å²) >= 11 is 0. The first-order chi connectivity index (χ1) is 63.0. The number of hydrogen-bond donors (Lipinski definition) is 8. The summed E-state index contributed by atoms with van der Waals surface area (Å²) in [5.41, 5.74) is 14.4. The molecule has 8 aromatic rings. The maximum Gasteiger partial charge on any atom is 0.407 e. The predicted octanol–water partition coefficient (Wildman–Crippen LogP) is 13.9. The fourth-order valence-electron chi connectivity index (χ4n) is 17.3. The number of carboxylic acids is 2. The molecule has 34 nitrogen and oxygen atoms in total. The van der Waals surface area contributed by atoms with Crippen LogP contribution < -0.4 is 21.3 Å². The number of esters is 2. The number of hydrogen-bond acceptors (Lipinski definition) is 22. The number of aromatic amines is 2. The third kappa shape index (κ3) is 24.3. The molecule has 0 spiro atoms. The number of alkyl carbamates (subject to hydrolysis) is 4. The first kappa shape index (κ1) is 97.5. The first-order valence-corrected chi connectivity index (χ1v) is 44.0. The van der Waals surface area contributed by atoms with Crippen molar-refractivity contribution in [3.8, 4) is 44.8 Å². The van der Waals surface area contributed by atoms with Crippen LogP contribution in [-0.2, 0) is 66.8 Å². The number of rotatable bonds is 27. The Kier molecular flexibility index (Phi) is 34.1. The number of imidazole rings is 2. The Morgan fingerprint density at radius 1 is 0.412 bits per heavy atom. The van der Waals surface area contributed by atoms with Crippen LogP contribution in [0, 0.1) is 23.7 Å². The van der Waals surface area contributed by atoms with Gasteiger partial charge in [0.25, 0.3) is 0 Å². The molecule has 0 saturated carbocycles. The van der Waals surface area contributed by atoms with Crippen LogP contribution in [0.2, 0.25) is 0 Å². The van der Waals surface area contributed by atoms with Crippen molar-refractivity contribution in [3.63, 3.8) is 0 Å². The molecule has 7 atom stereocenters. The number of fused-ring (bicyclic) bond motifs is 2. The molecule has 131 heavy (non-hydrogen) atoms. The summed E-state index contributed by atoms with van der Waals surface area (Å²) in [6.07, 6.45) is 12.8. The van der Waals surface area contributed by atoms with Gasteiger partial charge in [-0.15, -0.1) is 0 Å². The Bertz CT molecular complexity index is 5620. The van der Waals surface area contributed by atoms with Crippen molar-refractivity contribution in [2.24, 2.45) is 33.7 Å². The number of nitrogens with zero attached hydrogens (tertiary/aromatic N) is 8. The molecule has 0 aliphatic carbocycles. The smallest absolute Gasteiger partial charge is 0.407 e. The molecule has 34 heteroatoms. The number of carboxylic acid groups (broad SMARTS) is 2. The first-order valence-electron chi connectivity index (χ1n) is 44.0. The Hall–Kier alpha value is -14.1. The van der Waals surface area contributed by atoms with Gasteiger partial charge >= 0.3 is 48.3 Å². The van der Waals surface area contributed by atoms with Crippen molar-refractivity contribution in [1.82, 2.24) is 60.8 Å². The van der Waals surface area contributed by atoms with Gasteiger partial charge in [0, 0.05) is 74.0 Å². The van der Waals surface area contributed by atoms with Gasteiger partial charge < -0.3 is 89.5 Å². The van der Waals surface area contributed by atoms with Gasteiger partial charge in [0.1, 0.15) is 36.8 Å². The second-order valence-corrected chi connectivity index (χ2v) is 33.5. The van der Waals surface area contributed by atoms with E-state index in [2.05, 4.69) is 147 Å². The zero-order valence-electron chi connectivity index (χ0n) is 75.9. The van der Waals surface area contributed by atoms with Gasteiger partial charge in [0.05, 0.1) is 116 Å². The third-order valence-corrected chi connectivity index (χ3v) is 24.3. The average molecular weight is 1800 g/mol. The van der Waals surface area contributed by atoms with Crippen molar-refractivity contribution in [3.05, 3.63) is 169 Å². The van der Waals surface area contributed by atoms with E-state index < -0.39 is 66.3 Å². The number of allylic oxidation sites excluding steroid dienone is 2. The average Bonchev–Trinajstić information content (AvgIpc) is 1.76. The van der Waals surface area contributed by atoms with E-state index in [0.717, 1.165) is 163 Å². The molecule has 6 aromatic carbocycles. The minimum Gasteiger partial charge on any atom is -0.481 e. The molecule has 6 aliphatic rings. The second-order valence-electron chi connectivity index (χ2n) is 33.5. The number of ether oxygens (including phenoxy) is 6. The predicted molar refractivity (Wildman–Crippen MR) is 491 cm³/mol. The topological polar surface area (TPSA) is 444 Å².